The number of benzene rings is 1. The van der Waals surface area contributed by atoms with Crippen molar-refractivity contribution in [3.63, 3.8) is 0 Å². The van der Waals surface area contributed by atoms with Crippen LogP contribution in [-0.2, 0) is 4.79 Å². The zero-order valence-corrected chi connectivity index (χ0v) is 9.72. The molecule has 6 heteroatoms. The molecule has 0 saturated carbocycles. The van der Waals surface area contributed by atoms with E-state index in [9.17, 15) is 4.79 Å². The Labute approximate surface area is 102 Å². The van der Waals surface area contributed by atoms with Gasteiger partial charge in [-0.05, 0) is 17.7 Å². The average molecular weight is 258 g/mol. The Morgan fingerprint density at radius 2 is 2.25 bits per heavy atom. The van der Waals surface area contributed by atoms with Gasteiger partial charge < -0.3 is 11.2 Å². The van der Waals surface area contributed by atoms with Crippen LogP contribution in [-0.4, -0.2) is 18.2 Å². The highest BCUT2D eigenvalue weighted by Gasteiger charge is 2.28. The molecule has 0 aliphatic carbocycles. The number of nitrogens with two attached hydrogens (primary N) is 1. The van der Waals surface area contributed by atoms with Crippen molar-refractivity contribution in [1.29, 1.82) is 0 Å². The van der Waals surface area contributed by atoms with Gasteiger partial charge in [-0.15, -0.1) is 0 Å². The van der Waals surface area contributed by atoms with Crippen LogP contribution in [0.5, 0.6) is 0 Å². The molecule has 0 saturated heterocycles. The molecule has 2 rings (SSSR count). The van der Waals surface area contributed by atoms with E-state index in [1.54, 1.807) is 18.2 Å². The van der Waals surface area contributed by atoms with E-state index in [-0.39, 0.29) is 5.92 Å². The van der Waals surface area contributed by atoms with Gasteiger partial charge in [-0.3, -0.25) is 4.79 Å². The second-order valence-corrected chi connectivity index (χ2v) is 4.29. The highest BCUT2D eigenvalue weighted by molar-refractivity contribution is 6.42. The lowest BCUT2D eigenvalue weighted by atomic mass is 9.94. The number of primary amides is 1. The van der Waals surface area contributed by atoms with Crippen LogP contribution in [0.3, 0.4) is 0 Å². The van der Waals surface area contributed by atoms with Crippen molar-refractivity contribution in [3.8, 4) is 0 Å². The standard InChI is InChI=1S/C10H9Cl2N3O/c11-5-1-2-6(8(12)3-5)7-4-14-15-9(7)10(13)16/h1-3,7,14H,4H2,(H2,13,16). The molecule has 0 aromatic heterocycles. The lowest BCUT2D eigenvalue weighted by molar-refractivity contribution is -0.112. The summed E-state index contributed by atoms with van der Waals surface area (Å²) < 4.78 is 0. The first-order chi connectivity index (χ1) is 7.59. The molecule has 1 aromatic rings. The molecule has 0 spiro atoms. The smallest absolute Gasteiger partial charge is 0.265 e. The van der Waals surface area contributed by atoms with Crippen molar-refractivity contribution < 1.29 is 4.79 Å². The summed E-state index contributed by atoms with van der Waals surface area (Å²) >= 11 is 11.9. The summed E-state index contributed by atoms with van der Waals surface area (Å²) in [5.41, 5.74) is 9.06. The summed E-state index contributed by atoms with van der Waals surface area (Å²) in [6, 6.07) is 5.13. The maximum atomic E-state index is 11.1. The zero-order chi connectivity index (χ0) is 11.7. The maximum absolute atomic E-state index is 11.1. The summed E-state index contributed by atoms with van der Waals surface area (Å²) in [5, 5.41) is 4.92. The molecular formula is C10H9Cl2N3O. The highest BCUT2D eigenvalue weighted by Crippen LogP contribution is 2.29. The molecule has 0 bridgehead atoms. The van der Waals surface area contributed by atoms with Gasteiger partial charge in [0.2, 0.25) is 0 Å². The van der Waals surface area contributed by atoms with Crippen LogP contribution in [0.15, 0.2) is 23.3 Å². The van der Waals surface area contributed by atoms with Gasteiger partial charge in [0.1, 0.15) is 5.71 Å². The Bertz CT molecular complexity index is 473. The van der Waals surface area contributed by atoms with Crippen molar-refractivity contribution in [2.75, 3.05) is 6.54 Å². The molecule has 1 amide bonds. The van der Waals surface area contributed by atoms with E-state index in [1.807, 2.05) is 0 Å². The molecule has 1 aromatic carbocycles. The number of hydrazone groups is 1. The van der Waals surface area contributed by atoms with Gasteiger partial charge in [0.25, 0.3) is 5.91 Å². The molecule has 3 N–H and O–H groups in total. The third kappa shape index (κ3) is 1.99. The Morgan fingerprint density at radius 3 is 2.88 bits per heavy atom. The van der Waals surface area contributed by atoms with Crippen LogP contribution in [0.25, 0.3) is 0 Å². The highest BCUT2D eigenvalue weighted by atomic mass is 35.5. The number of hydrogen-bond acceptors (Lipinski definition) is 3. The summed E-state index contributed by atoms with van der Waals surface area (Å²) in [4.78, 5) is 11.1. The van der Waals surface area contributed by atoms with E-state index in [2.05, 4.69) is 10.5 Å². The van der Waals surface area contributed by atoms with E-state index < -0.39 is 5.91 Å². The van der Waals surface area contributed by atoms with Gasteiger partial charge in [-0.1, -0.05) is 29.3 Å². The van der Waals surface area contributed by atoms with Gasteiger partial charge >= 0.3 is 0 Å². The van der Waals surface area contributed by atoms with Crippen molar-refractivity contribution in [2.24, 2.45) is 10.8 Å². The third-order valence-electron chi connectivity index (χ3n) is 2.42. The monoisotopic (exact) mass is 257 g/mol. The quantitative estimate of drug-likeness (QED) is 0.844. The number of hydrogen-bond donors (Lipinski definition) is 2. The number of rotatable bonds is 2. The Hall–Kier alpha value is -1.26. The largest absolute Gasteiger partial charge is 0.364 e. The van der Waals surface area contributed by atoms with Crippen LogP contribution in [0.2, 0.25) is 10.0 Å². The first-order valence-corrected chi connectivity index (χ1v) is 5.40. The number of halogens is 2. The molecular weight excluding hydrogens is 249 g/mol. The van der Waals surface area contributed by atoms with Gasteiger partial charge in [0, 0.05) is 16.6 Å². The fraction of sp³-hybridized carbons (Fsp3) is 0.200. The molecule has 16 heavy (non-hydrogen) atoms. The fourth-order valence-corrected chi connectivity index (χ4v) is 2.21. The van der Waals surface area contributed by atoms with Crippen LogP contribution in [0.1, 0.15) is 11.5 Å². The Kier molecular flexibility index (Phi) is 3.03. The van der Waals surface area contributed by atoms with Crippen molar-refractivity contribution in [2.45, 2.75) is 5.92 Å². The molecule has 1 heterocycles. The summed E-state index contributed by atoms with van der Waals surface area (Å²) in [6.45, 7) is 0.514. The molecule has 4 nitrogen and oxygen atoms in total. The SMILES string of the molecule is NC(=O)C1=NNCC1c1ccc(Cl)cc1Cl. The first kappa shape index (κ1) is 11.2. The number of nitrogens with zero attached hydrogens (tertiary/aromatic N) is 1. The van der Waals surface area contributed by atoms with Gasteiger partial charge in [-0.25, -0.2) is 0 Å². The second-order valence-electron chi connectivity index (χ2n) is 3.44. The zero-order valence-electron chi connectivity index (χ0n) is 8.21. The van der Waals surface area contributed by atoms with Gasteiger partial charge in [-0.2, -0.15) is 5.10 Å². The molecule has 0 fully saturated rings. The first-order valence-electron chi connectivity index (χ1n) is 4.65. The predicted octanol–water partition coefficient (Wildman–Crippen LogP) is 1.52. The predicted molar refractivity (Wildman–Crippen MR) is 63.8 cm³/mol. The lowest BCUT2D eigenvalue weighted by Gasteiger charge is -2.12. The van der Waals surface area contributed by atoms with Gasteiger partial charge in [0.15, 0.2) is 0 Å². The number of nitrogens with one attached hydrogen (secondary N) is 1. The molecule has 1 atom stereocenters. The lowest BCUT2D eigenvalue weighted by Crippen LogP contribution is -2.28. The second kappa shape index (κ2) is 4.31. The minimum absolute atomic E-state index is 0.206. The van der Waals surface area contributed by atoms with E-state index in [0.29, 0.717) is 22.3 Å². The molecule has 1 aliphatic rings. The average Bonchev–Trinajstić information content (AvgIpc) is 2.66. The van der Waals surface area contributed by atoms with Crippen molar-refractivity contribution >= 4 is 34.8 Å². The third-order valence-corrected chi connectivity index (χ3v) is 2.98. The number of carbonyl (C=O) groups excluding carboxylic acids is 1. The minimum atomic E-state index is -0.541. The fourth-order valence-electron chi connectivity index (χ4n) is 1.66. The number of carbonyl (C=O) groups is 1. The van der Waals surface area contributed by atoms with Crippen LogP contribution in [0.4, 0.5) is 0 Å². The molecule has 0 radical (unpaired) electrons. The maximum Gasteiger partial charge on any atom is 0.265 e. The van der Waals surface area contributed by atoms with Crippen LogP contribution in [0, 0.1) is 0 Å². The van der Waals surface area contributed by atoms with E-state index in [1.165, 1.54) is 0 Å². The summed E-state index contributed by atoms with van der Waals surface area (Å²) in [5.74, 6) is -0.747. The van der Waals surface area contributed by atoms with E-state index >= 15 is 0 Å². The Balaban J connectivity index is 2.38. The molecule has 1 aliphatic heterocycles. The number of amides is 1. The van der Waals surface area contributed by atoms with Gasteiger partial charge in [0.05, 0.1) is 5.92 Å². The Morgan fingerprint density at radius 1 is 1.50 bits per heavy atom. The molecule has 1 unspecified atom stereocenters. The topological polar surface area (TPSA) is 67.5 Å². The molecule has 84 valence electrons. The summed E-state index contributed by atoms with van der Waals surface area (Å²) in [7, 11) is 0. The van der Waals surface area contributed by atoms with Crippen molar-refractivity contribution in [1.82, 2.24) is 5.43 Å². The van der Waals surface area contributed by atoms with Crippen LogP contribution < -0.4 is 11.2 Å². The normalized spacial score (nSPS) is 19.1. The van der Waals surface area contributed by atoms with E-state index in [4.69, 9.17) is 28.9 Å². The van der Waals surface area contributed by atoms with Crippen LogP contribution >= 0.6 is 23.2 Å². The minimum Gasteiger partial charge on any atom is -0.364 e. The van der Waals surface area contributed by atoms with E-state index in [0.717, 1.165) is 5.56 Å². The summed E-state index contributed by atoms with van der Waals surface area (Å²) in [6.07, 6.45) is 0. The van der Waals surface area contributed by atoms with Crippen molar-refractivity contribution in [3.05, 3.63) is 33.8 Å².